The van der Waals surface area contributed by atoms with Crippen molar-refractivity contribution in [2.45, 2.75) is 26.3 Å². The van der Waals surface area contributed by atoms with Crippen LogP contribution in [-0.4, -0.2) is 21.9 Å². The summed E-state index contributed by atoms with van der Waals surface area (Å²) >= 11 is 0. The maximum Gasteiger partial charge on any atom is 0.194 e. The Hall–Kier alpha value is -1.16. The van der Waals surface area contributed by atoms with Crippen LogP contribution in [-0.2, 0) is 13.0 Å². The maximum atomic E-state index is 11.4. The van der Waals surface area contributed by atoms with Crippen LogP contribution in [0, 0.1) is 5.92 Å². The lowest BCUT2D eigenvalue weighted by atomic mass is 10.0. The van der Waals surface area contributed by atoms with E-state index < -0.39 is 0 Å². The number of ketones is 1. The van der Waals surface area contributed by atoms with E-state index in [9.17, 15) is 4.79 Å². The van der Waals surface area contributed by atoms with Crippen LogP contribution in [0.3, 0.4) is 0 Å². The highest BCUT2D eigenvalue weighted by molar-refractivity contribution is 5.95. The minimum atomic E-state index is -0.0155. The molecule has 0 radical (unpaired) electrons. The molecule has 4 nitrogen and oxygen atoms in total. The van der Waals surface area contributed by atoms with Gasteiger partial charge in [0.1, 0.15) is 11.5 Å². The Balaban J connectivity index is 2.33. The van der Waals surface area contributed by atoms with Crippen molar-refractivity contribution < 1.29 is 4.79 Å². The molecule has 0 saturated carbocycles. The van der Waals surface area contributed by atoms with Gasteiger partial charge in [0.2, 0.25) is 0 Å². The average Bonchev–Trinajstić information content (AvgIpc) is 2.59. The second kappa shape index (κ2) is 3.53. The number of imidazole rings is 1. The van der Waals surface area contributed by atoms with E-state index in [1.54, 1.807) is 6.20 Å². The molecule has 76 valence electrons. The highest BCUT2D eigenvalue weighted by Gasteiger charge is 2.21. The summed E-state index contributed by atoms with van der Waals surface area (Å²) < 4.78 is 2.01. The number of nitrogens with zero attached hydrogens (tertiary/aromatic N) is 2. The number of rotatable bonds is 2. The maximum absolute atomic E-state index is 11.4. The zero-order chi connectivity index (χ0) is 10.1. The summed E-state index contributed by atoms with van der Waals surface area (Å²) in [6.07, 6.45) is 3.74. The number of carbonyl (C=O) groups is 1. The zero-order valence-corrected chi connectivity index (χ0v) is 8.36. The Morgan fingerprint density at radius 2 is 2.57 bits per heavy atom. The quantitative estimate of drug-likeness (QED) is 0.700. The predicted molar refractivity (Wildman–Crippen MR) is 53.1 cm³/mol. The molecule has 2 heterocycles. The molecule has 0 bridgehead atoms. The highest BCUT2D eigenvalue weighted by atomic mass is 16.1. The van der Waals surface area contributed by atoms with E-state index in [0.29, 0.717) is 11.6 Å². The van der Waals surface area contributed by atoms with Crippen LogP contribution in [0.4, 0.5) is 0 Å². The van der Waals surface area contributed by atoms with Gasteiger partial charge in [0.05, 0.1) is 12.7 Å². The summed E-state index contributed by atoms with van der Waals surface area (Å²) in [6.45, 7) is 3.18. The molecule has 2 rings (SSSR count). The van der Waals surface area contributed by atoms with Crippen molar-refractivity contribution in [2.24, 2.45) is 11.7 Å². The molecule has 4 heteroatoms. The van der Waals surface area contributed by atoms with Crippen molar-refractivity contribution in [3.63, 3.8) is 0 Å². The molecular formula is C10H15N3O. The van der Waals surface area contributed by atoms with E-state index in [1.165, 1.54) is 0 Å². The van der Waals surface area contributed by atoms with E-state index in [-0.39, 0.29) is 12.3 Å². The first-order valence-electron chi connectivity index (χ1n) is 5.00. The molecule has 1 aromatic rings. The molecule has 14 heavy (non-hydrogen) atoms. The van der Waals surface area contributed by atoms with Gasteiger partial charge in [-0.15, -0.1) is 0 Å². The van der Waals surface area contributed by atoms with Crippen LogP contribution in [0.25, 0.3) is 0 Å². The Labute approximate surface area is 83.1 Å². The first kappa shape index (κ1) is 9.40. The lowest BCUT2D eigenvalue weighted by molar-refractivity contribution is 0.0991. The van der Waals surface area contributed by atoms with Gasteiger partial charge in [0, 0.05) is 13.0 Å². The molecule has 1 atom stereocenters. The summed E-state index contributed by atoms with van der Waals surface area (Å²) in [6, 6.07) is 0. The largest absolute Gasteiger partial charge is 0.326 e. The number of carbonyl (C=O) groups excluding carboxylic acids is 1. The molecule has 1 aromatic heterocycles. The molecule has 2 N–H and O–H groups in total. The fraction of sp³-hybridized carbons (Fsp3) is 0.600. The molecule has 0 amide bonds. The Kier molecular flexibility index (Phi) is 2.37. The van der Waals surface area contributed by atoms with E-state index in [0.717, 1.165) is 25.2 Å². The average molecular weight is 193 g/mol. The summed E-state index contributed by atoms with van der Waals surface area (Å²) in [5.74, 6) is 1.68. The SMILES string of the molecule is CC1CCn2c(C(=O)CN)cnc2C1. The smallest absolute Gasteiger partial charge is 0.194 e. The standard InChI is InChI=1S/C10H15N3O/c1-7-2-3-13-8(9(14)5-11)6-12-10(13)4-7/h6-7H,2-5,11H2,1H3. The first-order valence-corrected chi connectivity index (χ1v) is 5.00. The third-order valence-electron chi connectivity index (χ3n) is 2.79. The number of hydrogen-bond donors (Lipinski definition) is 1. The van der Waals surface area contributed by atoms with E-state index in [1.807, 2.05) is 4.57 Å². The Morgan fingerprint density at radius 3 is 3.29 bits per heavy atom. The molecule has 0 aliphatic carbocycles. The second-order valence-corrected chi connectivity index (χ2v) is 3.94. The van der Waals surface area contributed by atoms with Crippen molar-refractivity contribution in [3.05, 3.63) is 17.7 Å². The minimum Gasteiger partial charge on any atom is -0.326 e. The molecule has 0 spiro atoms. The molecular weight excluding hydrogens is 178 g/mol. The normalized spacial score (nSPS) is 20.6. The van der Waals surface area contributed by atoms with E-state index in [4.69, 9.17) is 5.73 Å². The van der Waals surface area contributed by atoms with Gasteiger partial charge in [0.25, 0.3) is 0 Å². The molecule has 0 fully saturated rings. The topological polar surface area (TPSA) is 60.9 Å². The molecule has 1 unspecified atom stereocenters. The van der Waals surface area contributed by atoms with Crippen molar-refractivity contribution in [2.75, 3.05) is 6.54 Å². The fourth-order valence-corrected chi connectivity index (χ4v) is 1.92. The minimum absolute atomic E-state index is 0.0155. The first-order chi connectivity index (χ1) is 6.72. The summed E-state index contributed by atoms with van der Waals surface area (Å²) in [7, 11) is 0. The number of Topliss-reactive ketones (excluding diaryl/α,β-unsaturated/α-hetero) is 1. The van der Waals surface area contributed by atoms with Crippen LogP contribution >= 0.6 is 0 Å². The fourth-order valence-electron chi connectivity index (χ4n) is 1.92. The highest BCUT2D eigenvalue weighted by Crippen LogP contribution is 2.20. The van der Waals surface area contributed by atoms with Gasteiger partial charge >= 0.3 is 0 Å². The molecule has 0 saturated heterocycles. The van der Waals surface area contributed by atoms with Gasteiger partial charge in [0.15, 0.2) is 5.78 Å². The molecule has 1 aliphatic rings. The Morgan fingerprint density at radius 1 is 1.79 bits per heavy atom. The van der Waals surface area contributed by atoms with E-state index in [2.05, 4.69) is 11.9 Å². The van der Waals surface area contributed by atoms with Crippen molar-refractivity contribution >= 4 is 5.78 Å². The predicted octanol–water partition coefficient (Wildman–Crippen LogP) is 0.607. The van der Waals surface area contributed by atoms with Gasteiger partial charge in [-0.05, 0) is 12.3 Å². The van der Waals surface area contributed by atoms with Crippen molar-refractivity contribution in [1.29, 1.82) is 0 Å². The number of nitrogens with two attached hydrogens (primary N) is 1. The number of aromatic nitrogens is 2. The van der Waals surface area contributed by atoms with Crippen LogP contribution in [0.5, 0.6) is 0 Å². The summed E-state index contributed by atoms with van der Waals surface area (Å²) in [4.78, 5) is 15.7. The van der Waals surface area contributed by atoms with Crippen molar-refractivity contribution in [1.82, 2.24) is 9.55 Å². The van der Waals surface area contributed by atoms with Crippen LogP contribution in [0.1, 0.15) is 29.7 Å². The summed E-state index contributed by atoms with van der Waals surface area (Å²) in [5, 5.41) is 0. The number of fused-ring (bicyclic) bond motifs is 1. The Bertz CT molecular complexity index is 356. The van der Waals surface area contributed by atoms with Crippen molar-refractivity contribution in [3.8, 4) is 0 Å². The second-order valence-electron chi connectivity index (χ2n) is 3.94. The van der Waals surface area contributed by atoms with E-state index >= 15 is 0 Å². The zero-order valence-electron chi connectivity index (χ0n) is 8.36. The van der Waals surface area contributed by atoms with Gasteiger partial charge in [-0.1, -0.05) is 6.92 Å². The lowest BCUT2D eigenvalue weighted by Gasteiger charge is -2.20. The van der Waals surface area contributed by atoms with Gasteiger partial charge in [-0.25, -0.2) is 4.98 Å². The monoisotopic (exact) mass is 193 g/mol. The van der Waals surface area contributed by atoms with Crippen LogP contribution in [0.2, 0.25) is 0 Å². The third-order valence-corrected chi connectivity index (χ3v) is 2.79. The van der Waals surface area contributed by atoms with Gasteiger partial charge < -0.3 is 10.3 Å². The van der Waals surface area contributed by atoms with Gasteiger partial charge in [-0.3, -0.25) is 4.79 Å². The number of hydrogen-bond acceptors (Lipinski definition) is 3. The van der Waals surface area contributed by atoms with Gasteiger partial charge in [-0.2, -0.15) is 0 Å². The molecule has 0 aromatic carbocycles. The molecule has 1 aliphatic heterocycles. The third kappa shape index (κ3) is 1.46. The lowest BCUT2D eigenvalue weighted by Crippen LogP contribution is -2.23. The summed E-state index contributed by atoms with van der Waals surface area (Å²) in [5.41, 5.74) is 6.01. The van der Waals surface area contributed by atoms with Crippen LogP contribution in [0.15, 0.2) is 6.20 Å². The van der Waals surface area contributed by atoms with Crippen LogP contribution < -0.4 is 5.73 Å².